The third kappa shape index (κ3) is 2.65. The Hall–Kier alpha value is -1.94. The second-order valence-electron chi connectivity index (χ2n) is 4.74. The summed E-state index contributed by atoms with van der Waals surface area (Å²) in [6.07, 6.45) is 0. The van der Waals surface area contributed by atoms with Crippen LogP contribution in [0, 0.1) is 0 Å². The monoisotopic (exact) mass is 285 g/mol. The van der Waals surface area contributed by atoms with E-state index in [0.717, 1.165) is 24.4 Å². The first-order chi connectivity index (χ1) is 9.74. The predicted molar refractivity (Wildman–Crippen MR) is 81.6 cm³/mol. The highest BCUT2D eigenvalue weighted by atomic mass is 32.2. The second kappa shape index (κ2) is 5.59. The van der Waals surface area contributed by atoms with Crippen LogP contribution in [-0.4, -0.2) is 23.4 Å². The number of anilines is 1. The summed E-state index contributed by atoms with van der Waals surface area (Å²) in [5.41, 5.74) is 2.74. The fraction of sp³-hybridized carbons (Fsp3) is 0.188. The molecule has 0 unspecified atom stereocenters. The molecule has 3 rings (SSSR count). The Morgan fingerprint density at radius 2 is 1.90 bits per heavy atom. The van der Waals surface area contributed by atoms with Crippen molar-refractivity contribution in [2.75, 3.05) is 17.2 Å². The molecule has 1 heterocycles. The molecule has 20 heavy (non-hydrogen) atoms. The van der Waals surface area contributed by atoms with E-state index in [1.807, 2.05) is 23.9 Å². The molecule has 0 amide bonds. The lowest BCUT2D eigenvalue weighted by molar-refractivity contribution is 0.0697. The van der Waals surface area contributed by atoms with Crippen LogP contribution >= 0.6 is 11.8 Å². The molecule has 102 valence electrons. The van der Waals surface area contributed by atoms with Crippen molar-refractivity contribution in [2.24, 2.45) is 0 Å². The molecular weight excluding hydrogens is 270 g/mol. The topological polar surface area (TPSA) is 40.5 Å². The van der Waals surface area contributed by atoms with Crippen LogP contribution in [0.2, 0.25) is 0 Å². The van der Waals surface area contributed by atoms with E-state index in [0.29, 0.717) is 5.56 Å². The predicted octanol–water partition coefficient (Wildman–Crippen LogP) is 3.50. The highest BCUT2D eigenvalue weighted by Crippen LogP contribution is 2.34. The molecule has 1 aliphatic heterocycles. The van der Waals surface area contributed by atoms with Crippen molar-refractivity contribution in [3.8, 4) is 0 Å². The number of carboxylic acids is 1. The number of rotatable bonds is 3. The van der Waals surface area contributed by atoms with E-state index in [9.17, 15) is 4.79 Å². The molecule has 1 aliphatic rings. The summed E-state index contributed by atoms with van der Waals surface area (Å²) in [7, 11) is 0. The van der Waals surface area contributed by atoms with Gasteiger partial charge in [-0.1, -0.05) is 24.3 Å². The summed E-state index contributed by atoms with van der Waals surface area (Å²) >= 11 is 1.89. The summed E-state index contributed by atoms with van der Waals surface area (Å²) in [6, 6.07) is 15.6. The minimum absolute atomic E-state index is 0.336. The number of aromatic carboxylic acids is 1. The maximum Gasteiger partial charge on any atom is 0.335 e. The van der Waals surface area contributed by atoms with Crippen molar-refractivity contribution in [2.45, 2.75) is 11.4 Å². The molecule has 2 aromatic rings. The highest BCUT2D eigenvalue weighted by molar-refractivity contribution is 7.99. The molecule has 0 aromatic heterocycles. The van der Waals surface area contributed by atoms with Crippen LogP contribution in [0.1, 0.15) is 15.9 Å². The van der Waals surface area contributed by atoms with Crippen molar-refractivity contribution >= 4 is 23.4 Å². The van der Waals surface area contributed by atoms with Gasteiger partial charge in [-0.25, -0.2) is 4.79 Å². The third-order valence-electron chi connectivity index (χ3n) is 3.40. The van der Waals surface area contributed by atoms with Gasteiger partial charge in [0.15, 0.2) is 0 Å². The lowest BCUT2D eigenvalue weighted by atomic mass is 10.1. The summed E-state index contributed by atoms with van der Waals surface area (Å²) < 4.78 is 0. The van der Waals surface area contributed by atoms with E-state index < -0.39 is 5.97 Å². The molecule has 4 heteroatoms. The standard InChI is InChI=1S/C16H15NO2S/c18-16(19)13-7-5-12(6-8-13)11-17-9-10-20-15-4-2-1-3-14(15)17/h1-8H,9-11H2,(H,18,19). The van der Waals surface area contributed by atoms with Gasteiger partial charge in [0.25, 0.3) is 0 Å². The Bertz CT molecular complexity index is 625. The number of benzene rings is 2. The summed E-state index contributed by atoms with van der Waals surface area (Å²) in [6.45, 7) is 1.83. The first-order valence-electron chi connectivity index (χ1n) is 6.53. The van der Waals surface area contributed by atoms with Crippen molar-refractivity contribution in [1.29, 1.82) is 0 Å². The summed E-state index contributed by atoms with van der Waals surface area (Å²) in [4.78, 5) is 14.5. The number of para-hydroxylation sites is 1. The molecule has 0 bridgehead atoms. The van der Waals surface area contributed by atoms with E-state index in [1.54, 1.807) is 12.1 Å². The number of nitrogens with zero attached hydrogens (tertiary/aromatic N) is 1. The molecular formula is C16H15NO2S. The number of hydrogen-bond acceptors (Lipinski definition) is 3. The smallest absolute Gasteiger partial charge is 0.335 e. The van der Waals surface area contributed by atoms with Gasteiger partial charge in [0.05, 0.1) is 11.3 Å². The van der Waals surface area contributed by atoms with Gasteiger partial charge in [0.2, 0.25) is 0 Å². The van der Waals surface area contributed by atoms with Gasteiger partial charge in [-0.05, 0) is 29.8 Å². The fourth-order valence-corrected chi connectivity index (χ4v) is 3.42. The van der Waals surface area contributed by atoms with Crippen LogP contribution < -0.4 is 4.90 Å². The molecule has 1 N–H and O–H groups in total. The largest absolute Gasteiger partial charge is 0.478 e. The molecule has 0 atom stereocenters. The van der Waals surface area contributed by atoms with Crippen molar-refractivity contribution in [1.82, 2.24) is 0 Å². The number of carboxylic acid groups (broad SMARTS) is 1. The Labute approximate surface area is 122 Å². The van der Waals surface area contributed by atoms with Crippen LogP contribution in [-0.2, 0) is 6.54 Å². The van der Waals surface area contributed by atoms with Gasteiger partial charge in [0.1, 0.15) is 0 Å². The summed E-state index contributed by atoms with van der Waals surface area (Å²) in [5, 5.41) is 8.91. The van der Waals surface area contributed by atoms with Gasteiger partial charge in [-0.15, -0.1) is 11.8 Å². The van der Waals surface area contributed by atoms with Crippen LogP contribution in [0.5, 0.6) is 0 Å². The lowest BCUT2D eigenvalue weighted by Gasteiger charge is -2.30. The van der Waals surface area contributed by atoms with Crippen molar-refractivity contribution < 1.29 is 9.90 Å². The minimum Gasteiger partial charge on any atom is -0.478 e. The maximum atomic E-state index is 10.9. The molecule has 3 nitrogen and oxygen atoms in total. The van der Waals surface area contributed by atoms with Crippen molar-refractivity contribution in [3.05, 3.63) is 59.7 Å². The fourth-order valence-electron chi connectivity index (χ4n) is 2.36. The molecule has 0 spiro atoms. The zero-order chi connectivity index (χ0) is 13.9. The van der Waals surface area contributed by atoms with E-state index >= 15 is 0 Å². The Kier molecular flexibility index (Phi) is 3.65. The molecule has 0 aliphatic carbocycles. The normalized spacial score (nSPS) is 13.9. The first-order valence-corrected chi connectivity index (χ1v) is 7.51. The van der Waals surface area contributed by atoms with Crippen LogP contribution in [0.3, 0.4) is 0 Å². The zero-order valence-electron chi connectivity index (χ0n) is 11.0. The van der Waals surface area contributed by atoms with Gasteiger partial charge in [0, 0.05) is 23.7 Å². The number of carbonyl (C=O) groups is 1. The van der Waals surface area contributed by atoms with Gasteiger partial charge in [-0.2, -0.15) is 0 Å². The summed E-state index contributed by atoms with van der Waals surface area (Å²) in [5.74, 6) is 0.209. The van der Waals surface area contributed by atoms with E-state index in [4.69, 9.17) is 5.11 Å². The van der Waals surface area contributed by atoms with Gasteiger partial charge >= 0.3 is 5.97 Å². The van der Waals surface area contributed by atoms with Crippen LogP contribution in [0.25, 0.3) is 0 Å². The maximum absolute atomic E-state index is 10.9. The number of fused-ring (bicyclic) bond motifs is 1. The third-order valence-corrected chi connectivity index (χ3v) is 4.44. The van der Waals surface area contributed by atoms with E-state index in [-0.39, 0.29) is 0 Å². The van der Waals surface area contributed by atoms with Gasteiger partial charge < -0.3 is 10.0 Å². The second-order valence-corrected chi connectivity index (χ2v) is 5.88. The van der Waals surface area contributed by atoms with Crippen molar-refractivity contribution in [3.63, 3.8) is 0 Å². The SMILES string of the molecule is O=C(O)c1ccc(CN2CCSc3ccccc32)cc1. The molecule has 0 saturated heterocycles. The quantitative estimate of drug-likeness (QED) is 0.937. The minimum atomic E-state index is -0.878. The van der Waals surface area contributed by atoms with Crippen LogP contribution in [0.15, 0.2) is 53.4 Å². The molecule has 0 fully saturated rings. The first kappa shape index (κ1) is 13.1. The average Bonchev–Trinajstić information content (AvgIpc) is 2.48. The van der Waals surface area contributed by atoms with E-state index in [1.165, 1.54) is 10.6 Å². The molecule has 2 aromatic carbocycles. The Morgan fingerprint density at radius 1 is 1.15 bits per heavy atom. The number of thioether (sulfide) groups is 1. The Morgan fingerprint density at radius 3 is 2.65 bits per heavy atom. The number of hydrogen-bond donors (Lipinski definition) is 1. The van der Waals surface area contributed by atoms with Gasteiger partial charge in [-0.3, -0.25) is 0 Å². The van der Waals surface area contributed by atoms with E-state index in [2.05, 4.69) is 29.2 Å². The van der Waals surface area contributed by atoms with Crippen LogP contribution in [0.4, 0.5) is 5.69 Å². The molecule has 0 saturated carbocycles. The highest BCUT2D eigenvalue weighted by Gasteiger charge is 2.16. The lowest BCUT2D eigenvalue weighted by Crippen LogP contribution is -2.28. The zero-order valence-corrected chi connectivity index (χ0v) is 11.8. The average molecular weight is 285 g/mol. The molecule has 0 radical (unpaired) electrons. The Balaban J connectivity index is 1.80.